The second-order valence-electron chi connectivity index (χ2n) is 10.5. The number of halogens is 1. The van der Waals surface area contributed by atoms with Gasteiger partial charge in [-0.1, -0.05) is 0 Å². The molecule has 0 bridgehead atoms. The Morgan fingerprint density at radius 1 is 1.10 bits per heavy atom. The van der Waals surface area contributed by atoms with Crippen molar-refractivity contribution in [2.45, 2.75) is 40.2 Å². The summed E-state index contributed by atoms with van der Waals surface area (Å²) in [5, 5.41) is 11.8. The van der Waals surface area contributed by atoms with Crippen molar-refractivity contribution in [1.29, 1.82) is 5.26 Å². The van der Waals surface area contributed by atoms with Gasteiger partial charge in [0.2, 0.25) is 11.8 Å². The summed E-state index contributed by atoms with van der Waals surface area (Å²) in [6.07, 6.45) is 4.38. The molecule has 9 nitrogen and oxygen atoms in total. The van der Waals surface area contributed by atoms with Crippen LogP contribution < -0.4 is 15.0 Å². The maximum Gasteiger partial charge on any atom is 0.410 e. The first-order chi connectivity index (χ1) is 19.0. The lowest BCUT2D eigenvalue weighted by molar-refractivity contribution is 0.0240. The van der Waals surface area contributed by atoms with Crippen molar-refractivity contribution in [3.05, 3.63) is 71.2 Å². The van der Waals surface area contributed by atoms with Crippen molar-refractivity contribution in [2.75, 3.05) is 36.4 Å². The summed E-state index contributed by atoms with van der Waals surface area (Å²) in [6.45, 7) is 11.2. The van der Waals surface area contributed by atoms with E-state index in [1.807, 2.05) is 57.7 Å². The number of aryl methyl sites for hydroxylation is 2. The van der Waals surface area contributed by atoms with Gasteiger partial charge in [0, 0.05) is 50.2 Å². The van der Waals surface area contributed by atoms with Crippen LogP contribution in [0.5, 0.6) is 11.6 Å². The average molecular weight is 545 g/mol. The number of amides is 1. The van der Waals surface area contributed by atoms with Crippen LogP contribution in [0, 0.1) is 31.0 Å². The summed E-state index contributed by atoms with van der Waals surface area (Å²) >= 11 is 0. The molecule has 1 saturated heterocycles. The van der Waals surface area contributed by atoms with Gasteiger partial charge in [-0.3, -0.25) is 0 Å². The third-order valence-corrected chi connectivity index (χ3v) is 6.15. The van der Waals surface area contributed by atoms with Gasteiger partial charge in [0.15, 0.2) is 0 Å². The van der Waals surface area contributed by atoms with Gasteiger partial charge in [-0.05, 0) is 87.7 Å². The molecule has 208 valence electrons. The minimum Gasteiger partial charge on any atom is -0.444 e. The molecule has 1 amide bonds. The van der Waals surface area contributed by atoms with Crippen molar-refractivity contribution in [3.63, 3.8) is 0 Å². The van der Waals surface area contributed by atoms with Gasteiger partial charge in [-0.15, -0.1) is 0 Å². The normalized spacial score (nSPS) is 13.7. The molecule has 0 radical (unpaired) electrons. The van der Waals surface area contributed by atoms with E-state index in [4.69, 9.17) is 14.7 Å². The smallest absolute Gasteiger partial charge is 0.410 e. The Hall–Kier alpha value is -4.65. The first-order valence-corrected chi connectivity index (χ1v) is 13.0. The number of aromatic nitrogens is 2. The highest BCUT2D eigenvalue weighted by Gasteiger charge is 2.27. The molecule has 0 saturated carbocycles. The van der Waals surface area contributed by atoms with E-state index in [2.05, 4.69) is 15.3 Å². The fourth-order valence-electron chi connectivity index (χ4n) is 4.36. The Morgan fingerprint density at radius 3 is 2.42 bits per heavy atom. The molecule has 0 atom stereocenters. The third-order valence-electron chi connectivity index (χ3n) is 6.15. The number of piperazine rings is 1. The van der Waals surface area contributed by atoms with Crippen LogP contribution >= 0.6 is 0 Å². The largest absolute Gasteiger partial charge is 0.444 e. The number of ether oxygens (including phenoxy) is 2. The van der Waals surface area contributed by atoms with Crippen LogP contribution in [0.1, 0.15) is 37.5 Å². The summed E-state index contributed by atoms with van der Waals surface area (Å²) in [4.78, 5) is 24.5. The van der Waals surface area contributed by atoms with Crippen LogP contribution in [0.2, 0.25) is 0 Å². The Balaban J connectivity index is 1.40. The van der Waals surface area contributed by atoms with Gasteiger partial charge >= 0.3 is 6.09 Å². The van der Waals surface area contributed by atoms with Gasteiger partial charge in [0.05, 0.1) is 11.8 Å². The number of hydrogen-bond acceptors (Lipinski definition) is 8. The number of hydrogen-bond donors (Lipinski definition) is 1. The molecule has 2 aromatic carbocycles. The molecule has 0 spiro atoms. The lowest BCUT2D eigenvalue weighted by Gasteiger charge is -2.36. The molecule has 1 aliphatic heterocycles. The number of allylic oxidation sites excluding steroid dienone is 1. The average Bonchev–Trinajstić information content (AvgIpc) is 2.89. The number of nitriles is 1. The zero-order valence-electron chi connectivity index (χ0n) is 23.4. The fourth-order valence-corrected chi connectivity index (χ4v) is 4.36. The molecule has 40 heavy (non-hydrogen) atoms. The number of benzene rings is 2. The first-order valence-electron chi connectivity index (χ1n) is 13.0. The molecule has 0 aliphatic carbocycles. The lowest BCUT2D eigenvalue weighted by Crippen LogP contribution is -2.50. The van der Waals surface area contributed by atoms with E-state index in [0.717, 1.165) is 16.7 Å². The maximum atomic E-state index is 15.1. The molecular weight excluding hydrogens is 511 g/mol. The highest BCUT2D eigenvalue weighted by Crippen LogP contribution is 2.30. The zero-order chi connectivity index (χ0) is 28.9. The number of carbonyl (C=O) groups is 1. The number of nitrogens with zero attached hydrogens (tertiary/aromatic N) is 5. The fraction of sp³-hybridized carbons (Fsp3) is 0.333. The second-order valence-corrected chi connectivity index (χ2v) is 10.5. The molecule has 1 aromatic heterocycles. The summed E-state index contributed by atoms with van der Waals surface area (Å²) in [7, 11) is 0. The van der Waals surface area contributed by atoms with E-state index in [-0.39, 0.29) is 17.9 Å². The summed E-state index contributed by atoms with van der Waals surface area (Å²) in [5.41, 5.74) is 3.10. The van der Waals surface area contributed by atoms with Crippen molar-refractivity contribution in [1.82, 2.24) is 14.9 Å². The van der Waals surface area contributed by atoms with Gasteiger partial charge in [-0.2, -0.15) is 10.2 Å². The van der Waals surface area contributed by atoms with E-state index < -0.39 is 5.60 Å². The minimum absolute atomic E-state index is 0.263. The quantitative estimate of drug-likeness (QED) is 0.358. The topological polar surface area (TPSA) is 104 Å². The minimum atomic E-state index is -0.557. The predicted octanol–water partition coefficient (Wildman–Crippen LogP) is 6.36. The molecule has 0 unspecified atom stereocenters. The number of carbonyl (C=O) groups excluding carboxylic acids is 1. The first kappa shape index (κ1) is 28.4. The second kappa shape index (κ2) is 12.0. The van der Waals surface area contributed by atoms with Crippen molar-refractivity contribution >= 4 is 29.5 Å². The number of rotatable bonds is 6. The molecule has 3 aromatic rings. The van der Waals surface area contributed by atoms with E-state index in [0.29, 0.717) is 49.2 Å². The molecule has 1 aliphatic rings. The van der Waals surface area contributed by atoms with Gasteiger partial charge in [0.25, 0.3) is 0 Å². The Bertz CT molecular complexity index is 1430. The summed E-state index contributed by atoms with van der Waals surface area (Å²) in [5.74, 6) is 0.879. The summed E-state index contributed by atoms with van der Waals surface area (Å²) < 4.78 is 26.6. The maximum absolute atomic E-state index is 15.1. The van der Waals surface area contributed by atoms with E-state index in [9.17, 15) is 4.79 Å². The molecule has 10 heteroatoms. The Labute approximate surface area is 233 Å². The van der Waals surface area contributed by atoms with Crippen LogP contribution in [0.15, 0.2) is 48.7 Å². The van der Waals surface area contributed by atoms with Gasteiger partial charge < -0.3 is 24.6 Å². The van der Waals surface area contributed by atoms with Crippen LogP contribution in [0.25, 0.3) is 6.08 Å². The van der Waals surface area contributed by atoms with E-state index in [1.54, 1.807) is 35.4 Å². The predicted molar refractivity (Wildman–Crippen MR) is 152 cm³/mol. The van der Waals surface area contributed by atoms with E-state index >= 15 is 4.39 Å². The van der Waals surface area contributed by atoms with Gasteiger partial charge in [-0.25, -0.2) is 14.2 Å². The standard InChI is InChI=1S/C30H33FN6O3/c1-20-17-22(7-6-11-32)18-21(2)27(20)39-26-10-12-33-28(35-26)34-23-8-9-25(24(31)19-23)36-13-15-37(16-14-36)29(38)40-30(3,4)5/h6-10,12,17-19H,13-16H2,1-5H3,(H,33,34,35). The van der Waals surface area contributed by atoms with E-state index in [1.165, 1.54) is 12.1 Å². The lowest BCUT2D eigenvalue weighted by atomic mass is 10.1. The third kappa shape index (κ3) is 7.26. The van der Waals surface area contributed by atoms with Crippen LogP contribution in [0.3, 0.4) is 0 Å². The van der Waals surface area contributed by atoms with Crippen molar-refractivity contribution < 1.29 is 18.7 Å². The SMILES string of the molecule is Cc1cc(C=CC#N)cc(C)c1Oc1ccnc(Nc2ccc(N3CCN(C(=O)OC(C)(C)C)CC3)c(F)c2)n1. The highest BCUT2D eigenvalue weighted by atomic mass is 19.1. The number of nitrogens with one attached hydrogen (secondary N) is 1. The molecule has 1 N–H and O–H groups in total. The molecular formula is C30H33FN6O3. The monoisotopic (exact) mass is 544 g/mol. The van der Waals surface area contributed by atoms with Crippen LogP contribution in [-0.4, -0.2) is 52.7 Å². The van der Waals surface area contributed by atoms with Gasteiger partial charge in [0.1, 0.15) is 17.2 Å². The van der Waals surface area contributed by atoms with Crippen molar-refractivity contribution in [2.24, 2.45) is 0 Å². The highest BCUT2D eigenvalue weighted by molar-refractivity contribution is 5.69. The Morgan fingerprint density at radius 2 is 1.80 bits per heavy atom. The van der Waals surface area contributed by atoms with Crippen molar-refractivity contribution in [3.8, 4) is 17.7 Å². The molecule has 4 rings (SSSR count). The summed E-state index contributed by atoms with van der Waals surface area (Å²) in [6, 6.07) is 12.4. The zero-order valence-corrected chi connectivity index (χ0v) is 23.4. The molecule has 2 heterocycles. The molecule has 1 fully saturated rings. The Kier molecular flexibility index (Phi) is 8.53. The number of anilines is 3. The van der Waals surface area contributed by atoms with Crippen LogP contribution in [-0.2, 0) is 4.74 Å². The van der Waals surface area contributed by atoms with Crippen LogP contribution in [0.4, 0.5) is 26.5 Å².